The van der Waals surface area contributed by atoms with Crippen LogP contribution in [0.5, 0.6) is 0 Å². The number of fused-ring (bicyclic) bond motifs is 1. The van der Waals surface area contributed by atoms with E-state index in [1.807, 2.05) is 20.8 Å². The number of nitrogens with zero attached hydrogens (tertiary/aromatic N) is 2. The van der Waals surface area contributed by atoms with E-state index < -0.39 is 11.9 Å². The van der Waals surface area contributed by atoms with E-state index in [1.165, 1.54) is 0 Å². The molecule has 1 aliphatic carbocycles. The minimum Gasteiger partial charge on any atom is -0.366 e. The number of amides is 3. The van der Waals surface area contributed by atoms with E-state index in [4.69, 9.17) is 11.5 Å². The second-order valence-electron chi connectivity index (χ2n) is 7.55. The van der Waals surface area contributed by atoms with Gasteiger partial charge in [-0.05, 0) is 34.2 Å². The van der Waals surface area contributed by atoms with Gasteiger partial charge < -0.3 is 20.9 Å². The molecule has 1 aliphatic heterocycles. The first kappa shape index (κ1) is 16.4. The standard InChI is InChI=1S/C16H23BrN4O2/c1-16(2,3)13-12-9(14(18)22)10(17)11(8-4-5-8)20(12)6-7-21(13)15(19)23/h8,13H,4-7H2,1-3H3,(H2,18,22)(H2,19,23). The summed E-state index contributed by atoms with van der Waals surface area (Å²) in [5.41, 5.74) is 13.5. The van der Waals surface area contributed by atoms with Gasteiger partial charge in [-0.1, -0.05) is 20.8 Å². The predicted molar refractivity (Wildman–Crippen MR) is 91.1 cm³/mol. The van der Waals surface area contributed by atoms with Gasteiger partial charge in [0.05, 0.1) is 21.8 Å². The number of hydrogen-bond acceptors (Lipinski definition) is 2. The molecule has 6 nitrogen and oxygen atoms in total. The number of carbonyl (C=O) groups is 2. The summed E-state index contributed by atoms with van der Waals surface area (Å²) in [6.07, 6.45) is 2.25. The molecule has 7 heteroatoms. The Labute approximate surface area is 144 Å². The van der Waals surface area contributed by atoms with Crippen molar-refractivity contribution in [2.24, 2.45) is 16.9 Å². The van der Waals surface area contributed by atoms with Crippen molar-refractivity contribution < 1.29 is 9.59 Å². The van der Waals surface area contributed by atoms with Crippen LogP contribution in [0.3, 0.4) is 0 Å². The van der Waals surface area contributed by atoms with Crippen molar-refractivity contribution in [3.05, 3.63) is 21.4 Å². The molecule has 0 bridgehead atoms. The maximum absolute atomic E-state index is 12.1. The largest absolute Gasteiger partial charge is 0.366 e. The third-order valence-corrected chi connectivity index (χ3v) is 5.53. The summed E-state index contributed by atoms with van der Waals surface area (Å²) in [7, 11) is 0. The lowest BCUT2D eigenvalue weighted by atomic mass is 9.81. The molecule has 2 heterocycles. The van der Waals surface area contributed by atoms with Crippen LogP contribution in [-0.4, -0.2) is 28.0 Å². The minimum atomic E-state index is -0.465. The molecular formula is C16H23BrN4O2. The van der Waals surface area contributed by atoms with Crippen LogP contribution in [0.25, 0.3) is 0 Å². The van der Waals surface area contributed by atoms with Gasteiger partial charge in [-0.15, -0.1) is 0 Å². The molecule has 3 rings (SSSR count). The zero-order valence-electron chi connectivity index (χ0n) is 13.7. The Bertz CT molecular complexity index is 685. The second-order valence-corrected chi connectivity index (χ2v) is 8.34. The third-order valence-electron chi connectivity index (χ3n) is 4.73. The highest BCUT2D eigenvalue weighted by molar-refractivity contribution is 9.10. The summed E-state index contributed by atoms with van der Waals surface area (Å²) in [5, 5.41) is 0. The van der Waals surface area contributed by atoms with Gasteiger partial charge >= 0.3 is 6.03 Å². The molecule has 1 aromatic heterocycles. The molecule has 1 unspecified atom stereocenters. The molecule has 1 aromatic rings. The lowest BCUT2D eigenvalue weighted by Crippen LogP contribution is -2.49. The third kappa shape index (κ3) is 2.55. The van der Waals surface area contributed by atoms with Crippen LogP contribution < -0.4 is 11.5 Å². The van der Waals surface area contributed by atoms with E-state index in [0.717, 1.165) is 28.7 Å². The van der Waals surface area contributed by atoms with Crippen molar-refractivity contribution in [2.45, 2.75) is 52.1 Å². The van der Waals surface area contributed by atoms with Crippen molar-refractivity contribution in [2.75, 3.05) is 6.54 Å². The highest BCUT2D eigenvalue weighted by Gasteiger charge is 2.45. The molecule has 0 aromatic carbocycles. The van der Waals surface area contributed by atoms with Crippen molar-refractivity contribution >= 4 is 27.9 Å². The highest BCUT2D eigenvalue weighted by atomic mass is 79.9. The lowest BCUT2D eigenvalue weighted by molar-refractivity contribution is 0.0915. The van der Waals surface area contributed by atoms with Gasteiger partial charge in [0.15, 0.2) is 0 Å². The van der Waals surface area contributed by atoms with Gasteiger partial charge in [-0.25, -0.2) is 4.79 Å². The maximum atomic E-state index is 12.1. The normalized spacial score (nSPS) is 21.2. The molecule has 2 aliphatic rings. The molecule has 0 radical (unpaired) electrons. The fourth-order valence-corrected chi connectivity index (χ4v) is 4.68. The molecule has 126 valence electrons. The lowest BCUT2D eigenvalue weighted by Gasteiger charge is -2.44. The smallest absolute Gasteiger partial charge is 0.315 e. The van der Waals surface area contributed by atoms with Gasteiger partial charge in [-0.3, -0.25) is 4.79 Å². The fraction of sp³-hybridized carbons (Fsp3) is 0.625. The molecule has 3 amide bonds. The zero-order chi connectivity index (χ0) is 17.1. The quantitative estimate of drug-likeness (QED) is 0.822. The molecular weight excluding hydrogens is 360 g/mol. The Morgan fingerprint density at radius 1 is 1.13 bits per heavy atom. The van der Waals surface area contributed by atoms with E-state index in [1.54, 1.807) is 4.90 Å². The number of aromatic nitrogens is 1. The van der Waals surface area contributed by atoms with Crippen molar-refractivity contribution in [1.29, 1.82) is 0 Å². The van der Waals surface area contributed by atoms with Crippen LogP contribution in [0.4, 0.5) is 4.79 Å². The van der Waals surface area contributed by atoms with Crippen molar-refractivity contribution in [1.82, 2.24) is 9.47 Å². The number of primary amides is 2. The van der Waals surface area contributed by atoms with Gasteiger partial charge in [0.25, 0.3) is 5.91 Å². The second kappa shape index (κ2) is 5.26. The summed E-state index contributed by atoms with van der Waals surface area (Å²) >= 11 is 3.60. The number of carbonyl (C=O) groups excluding carboxylic acids is 2. The minimum absolute atomic E-state index is 0.268. The Morgan fingerprint density at radius 3 is 2.17 bits per heavy atom. The number of urea groups is 1. The number of nitrogens with two attached hydrogens (primary N) is 2. The Hall–Kier alpha value is -1.50. The first-order valence-electron chi connectivity index (χ1n) is 7.92. The first-order valence-corrected chi connectivity index (χ1v) is 8.71. The highest BCUT2D eigenvalue weighted by Crippen LogP contribution is 2.51. The van der Waals surface area contributed by atoms with Crippen LogP contribution in [-0.2, 0) is 6.54 Å². The van der Waals surface area contributed by atoms with Gasteiger partial charge in [0.2, 0.25) is 0 Å². The van der Waals surface area contributed by atoms with Crippen molar-refractivity contribution in [3.63, 3.8) is 0 Å². The van der Waals surface area contributed by atoms with E-state index >= 15 is 0 Å². The van der Waals surface area contributed by atoms with Gasteiger partial charge in [-0.2, -0.15) is 0 Å². The molecule has 0 saturated heterocycles. The summed E-state index contributed by atoms with van der Waals surface area (Å²) in [4.78, 5) is 25.8. The maximum Gasteiger partial charge on any atom is 0.315 e. The fourth-order valence-electron chi connectivity index (χ4n) is 3.74. The summed E-state index contributed by atoms with van der Waals surface area (Å²) in [6, 6.07) is -0.739. The Morgan fingerprint density at radius 2 is 1.74 bits per heavy atom. The summed E-state index contributed by atoms with van der Waals surface area (Å²) < 4.78 is 2.99. The SMILES string of the molecule is CC(C)(C)C1c2c(C(N)=O)c(Br)c(C3CC3)n2CCN1C(N)=O. The van der Waals surface area contributed by atoms with Crippen molar-refractivity contribution in [3.8, 4) is 0 Å². The van der Waals surface area contributed by atoms with E-state index in [0.29, 0.717) is 24.6 Å². The van der Waals surface area contributed by atoms with Gasteiger partial charge in [0.1, 0.15) is 0 Å². The average molecular weight is 383 g/mol. The number of rotatable bonds is 2. The monoisotopic (exact) mass is 382 g/mol. The van der Waals surface area contributed by atoms with E-state index in [-0.39, 0.29) is 11.5 Å². The molecule has 1 atom stereocenters. The van der Waals surface area contributed by atoms with Crippen LogP contribution >= 0.6 is 15.9 Å². The Balaban J connectivity index is 2.27. The van der Waals surface area contributed by atoms with Crippen LogP contribution in [0.15, 0.2) is 4.47 Å². The number of hydrogen-bond donors (Lipinski definition) is 2. The zero-order valence-corrected chi connectivity index (χ0v) is 15.3. The predicted octanol–water partition coefficient (Wildman–Crippen LogP) is 2.71. The van der Waals surface area contributed by atoms with E-state index in [9.17, 15) is 9.59 Å². The van der Waals surface area contributed by atoms with Crippen LogP contribution in [0.2, 0.25) is 0 Å². The van der Waals surface area contributed by atoms with E-state index in [2.05, 4.69) is 20.5 Å². The van der Waals surface area contributed by atoms with Gasteiger partial charge in [0, 0.05) is 24.7 Å². The average Bonchev–Trinajstić information content (AvgIpc) is 3.18. The molecule has 4 N–H and O–H groups in total. The molecule has 1 fully saturated rings. The molecule has 0 spiro atoms. The molecule has 23 heavy (non-hydrogen) atoms. The summed E-state index contributed by atoms with van der Waals surface area (Å²) in [5.74, 6) is 0.00469. The number of halogens is 1. The van der Waals surface area contributed by atoms with Crippen LogP contribution in [0.1, 0.15) is 67.3 Å². The summed E-state index contributed by atoms with van der Waals surface area (Å²) in [6.45, 7) is 7.33. The Kier molecular flexibility index (Phi) is 3.74. The van der Waals surface area contributed by atoms with Crippen LogP contribution in [0, 0.1) is 5.41 Å². The topological polar surface area (TPSA) is 94.3 Å². The molecule has 1 saturated carbocycles. The first-order chi connectivity index (χ1) is 10.6.